The van der Waals surface area contributed by atoms with Crippen molar-refractivity contribution in [3.63, 3.8) is 0 Å². The molecule has 0 bridgehead atoms. The molecule has 0 saturated carbocycles. The standard InChI is InChI=1S/C17H15N3O6/c21-12-7-14(22)13(15(23)8-12)9-18-19-17(25)11-3-1-2-10(6-11)4-5-16(24)20-26/h1-9,21-23,26H,(H,19,25)(H,20,24). The smallest absolute Gasteiger partial charge is 0.271 e. The first kappa shape index (κ1) is 18.5. The Morgan fingerprint density at radius 1 is 1.04 bits per heavy atom. The lowest BCUT2D eigenvalue weighted by Crippen LogP contribution is -2.17. The van der Waals surface area contributed by atoms with Crippen LogP contribution in [-0.4, -0.2) is 38.6 Å². The molecule has 2 aromatic carbocycles. The maximum Gasteiger partial charge on any atom is 0.271 e. The minimum Gasteiger partial charge on any atom is -0.508 e. The lowest BCUT2D eigenvalue weighted by Gasteiger charge is -2.04. The van der Waals surface area contributed by atoms with Gasteiger partial charge >= 0.3 is 0 Å². The molecule has 0 unspecified atom stereocenters. The maximum absolute atomic E-state index is 12.1. The predicted molar refractivity (Wildman–Crippen MR) is 91.9 cm³/mol. The Hall–Kier alpha value is -3.85. The highest BCUT2D eigenvalue weighted by Crippen LogP contribution is 2.30. The van der Waals surface area contributed by atoms with E-state index in [0.717, 1.165) is 24.4 Å². The average Bonchev–Trinajstić information content (AvgIpc) is 2.61. The van der Waals surface area contributed by atoms with Crippen LogP contribution in [0.15, 0.2) is 47.6 Å². The first-order chi connectivity index (χ1) is 12.4. The molecule has 6 N–H and O–H groups in total. The van der Waals surface area contributed by atoms with Crippen LogP contribution in [0.1, 0.15) is 21.5 Å². The molecule has 26 heavy (non-hydrogen) atoms. The Balaban J connectivity index is 2.09. The highest BCUT2D eigenvalue weighted by molar-refractivity contribution is 5.96. The van der Waals surface area contributed by atoms with Gasteiger partial charge in [0.15, 0.2) is 0 Å². The molecular formula is C17H15N3O6. The molecule has 0 saturated heterocycles. The summed E-state index contributed by atoms with van der Waals surface area (Å²) < 4.78 is 0. The van der Waals surface area contributed by atoms with Crippen molar-refractivity contribution in [3.8, 4) is 17.2 Å². The summed E-state index contributed by atoms with van der Waals surface area (Å²) in [7, 11) is 0. The number of carbonyl (C=O) groups is 2. The van der Waals surface area contributed by atoms with Crippen molar-refractivity contribution in [3.05, 3.63) is 59.2 Å². The van der Waals surface area contributed by atoms with Gasteiger partial charge in [0.2, 0.25) is 0 Å². The van der Waals surface area contributed by atoms with Crippen LogP contribution in [0.2, 0.25) is 0 Å². The number of phenolic OH excluding ortho intramolecular Hbond substituents is 3. The summed E-state index contributed by atoms with van der Waals surface area (Å²) in [6.45, 7) is 0. The van der Waals surface area contributed by atoms with Crippen LogP contribution in [0, 0.1) is 0 Å². The Labute approximate surface area is 147 Å². The fraction of sp³-hybridized carbons (Fsp3) is 0. The van der Waals surface area contributed by atoms with Crippen molar-refractivity contribution >= 4 is 24.1 Å². The first-order valence-corrected chi connectivity index (χ1v) is 7.21. The van der Waals surface area contributed by atoms with Gasteiger partial charge in [-0.3, -0.25) is 14.8 Å². The van der Waals surface area contributed by atoms with E-state index in [-0.39, 0.29) is 16.9 Å². The molecule has 0 aromatic heterocycles. The molecule has 0 aliphatic heterocycles. The van der Waals surface area contributed by atoms with Gasteiger partial charge in [-0.05, 0) is 23.8 Å². The Kier molecular flexibility index (Phi) is 5.91. The third-order valence-corrected chi connectivity index (χ3v) is 3.17. The topological polar surface area (TPSA) is 151 Å². The monoisotopic (exact) mass is 357 g/mol. The molecule has 9 heteroatoms. The van der Waals surface area contributed by atoms with Crippen molar-refractivity contribution in [1.82, 2.24) is 10.9 Å². The minimum atomic E-state index is -0.710. The highest BCUT2D eigenvalue weighted by atomic mass is 16.5. The number of carbonyl (C=O) groups excluding carboxylic acids is 2. The molecule has 2 aromatic rings. The fourth-order valence-corrected chi connectivity index (χ4v) is 1.95. The maximum atomic E-state index is 12.1. The first-order valence-electron chi connectivity index (χ1n) is 7.21. The zero-order chi connectivity index (χ0) is 19.1. The molecule has 2 rings (SSSR count). The SMILES string of the molecule is O=C(C=Cc1cccc(C(=O)NN=Cc2c(O)cc(O)cc2O)c1)NO. The number of nitrogens with one attached hydrogen (secondary N) is 2. The quantitative estimate of drug-likeness (QED) is 0.204. The van der Waals surface area contributed by atoms with Crippen LogP contribution in [-0.2, 0) is 4.79 Å². The summed E-state index contributed by atoms with van der Waals surface area (Å²) in [6.07, 6.45) is 3.51. The molecule has 134 valence electrons. The molecule has 2 amide bonds. The van der Waals surface area contributed by atoms with Crippen LogP contribution in [0.4, 0.5) is 0 Å². The second-order valence-electron chi connectivity index (χ2n) is 5.03. The van der Waals surface area contributed by atoms with Crippen molar-refractivity contribution in [2.45, 2.75) is 0 Å². The van der Waals surface area contributed by atoms with Gasteiger partial charge < -0.3 is 15.3 Å². The summed E-state index contributed by atoms with van der Waals surface area (Å²) >= 11 is 0. The van der Waals surface area contributed by atoms with E-state index in [1.165, 1.54) is 23.7 Å². The van der Waals surface area contributed by atoms with Crippen LogP contribution in [0.5, 0.6) is 17.2 Å². The Bertz CT molecular complexity index is 869. The number of benzene rings is 2. The zero-order valence-electron chi connectivity index (χ0n) is 13.2. The van der Waals surface area contributed by atoms with Crippen molar-refractivity contribution < 1.29 is 30.1 Å². The van der Waals surface area contributed by atoms with Crippen molar-refractivity contribution in [1.29, 1.82) is 0 Å². The highest BCUT2D eigenvalue weighted by Gasteiger charge is 2.08. The van der Waals surface area contributed by atoms with Gasteiger partial charge in [-0.2, -0.15) is 5.10 Å². The van der Waals surface area contributed by atoms with E-state index < -0.39 is 23.3 Å². The van der Waals surface area contributed by atoms with E-state index in [0.29, 0.717) is 5.56 Å². The summed E-state index contributed by atoms with van der Waals surface area (Å²) in [5.74, 6) is -2.41. The molecule has 0 radical (unpaired) electrons. The van der Waals surface area contributed by atoms with Gasteiger partial charge in [0.25, 0.3) is 11.8 Å². The Morgan fingerprint density at radius 2 is 1.73 bits per heavy atom. The van der Waals surface area contributed by atoms with E-state index in [1.807, 2.05) is 0 Å². The average molecular weight is 357 g/mol. The van der Waals surface area contributed by atoms with Gasteiger partial charge in [-0.15, -0.1) is 0 Å². The molecule has 0 aliphatic carbocycles. The van der Waals surface area contributed by atoms with Gasteiger partial charge in [-0.1, -0.05) is 12.1 Å². The lowest BCUT2D eigenvalue weighted by atomic mass is 10.1. The minimum absolute atomic E-state index is 0.0743. The third kappa shape index (κ3) is 4.82. The van der Waals surface area contributed by atoms with E-state index >= 15 is 0 Å². The van der Waals surface area contributed by atoms with Crippen molar-refractivity contribution in [2.24, 2.45) is 5.10 Å². The molecule has 0 fully saturated rings. The number of phenols is 3. The molecule has 9 nitrogen and oxygen atoms in total. The number of rotatable bonds is 5. The summed E-state index contributed by atoms with van der Waals surface area (Å²) in [5, 5.41) is 40.6. The Morgan fingerprint density at radius 3 is 2.38 bits per heavy atom. The number of nitrogens with zero attached hydrogens (tertiary/aromatic N) is 1. The third-order valence-electron chi connectivity index (χ3n) is 3.17. The number of hydrogen-bond acceptors (Lipinski definition) is 7. The van der Waals surface area contributed by atoms with Gasteiger partial charge in [0.1, 0.15) is 17.2 Å². The van der Waals surface area contributed by atoms with Crippen molar-refractivity contribution in [2.75, 3.05) is 0 Å². The predicted octanol–water partition coefficient (Wildman–Crippen LogP) is 1.09. The van der Waals surface area contributed by atoms with Crippen LogP contribution in [0.3, 0.4) is 0 Å². The van der Waals surface area contributed by atoms with Crippen LogP contribution >= 0.6 is 0 Å². The lowest BCUT2D eigenvalue weighted by molar-refractivity contribution is -0.124. The summed E-state index contributed by atoms with van der Waals surface area (Å²) in [6, 6.07) is 8.27. The summed E-state index contributed by atoms with van der Waals surface area (Å²) in [4.78, 5) is 23.0. The normalized spacial score (nSPS) is 11.0. The number of hydrogen-bond donors (Lipinski definition) is 6. The molecular weight excluding hydrogens is 342 g/mol. The number of amides is 2. The van der Waals surface area contributed by atoms with E-state index in [2.05, 4.69) is 10.5 Å². The molecule has 0 spiro atoms. The second-order valence-corrected chi connectivity index (χ2v) is 5.03. The fourth-order valence-electron chi connectivity index (χ4n) is 1.95. The molecule has 0 heterocycles. The molecule has 0 aliphatic rings. The largest absolute Gasteiger partial charge is 0.508 e. The van der Waals surface area contributed by atoms with Gasteiger partial charge in [0.05, 0.1) is 11.8 Å². The van der Waals surface area contributed by atoms with Gasteiger partial charge in [0, 0.05) is 23.8 Å². The van der Waals surface area contributed by atoms with E-state index in [4.69, 9.17) is 5.21 Å². The van der Waals surface area contributed by atoms with E-state index in [1.54, 1.807) is 12.1 Å². The number of aromatic hydroxyl groups is 3. The second kappa shape index (κ2) is 8.31. The molecule has 0 atom stereocenters. The number of hydrazone groups is 1. The van der Waals surface area contributed by atoms with Crippen LogP contribution in [0.25, 0.3) is 6.08 Å². The van der Waals surface area contributed by atoms with Gasteiger partial charge in [-0.25, -0.2) is 10.9 Å². The van der Waals surface area contributed by atoms with Crippen LogP contribution < -0.4 is 10.9 Å². The number of hydroxylamine groups is 1. The zero-order valence-corrected chi connectivity index (χ0v) is 13.2. The van der Waals surface area contributed by atoms with E-state index in [9.17, 15) is 24.9 Å². The summed E-state index contributed by atoms with van der Waals surface area (Å²) in [5.41, 5.74) is 4.38.